The molecule has 112 valence electrons. The second-order valence-electron chi connectivity index (χ2n) is 5.96. The molecule has 2 N–H and O–H groups in total. The minimum atomic E-state index is -3.35. The first-order valence-corrected chi connectivity index (χ1v) is 9.72. The number of hydrogen-bond donors (Lipinski definition) is 2. The maximum Gasteiger partial charge on any atom is 0.241 e. The van der Waals surface area contributed by atoms with Crippen LogP contribution in [0.4, 0.5) is 0 Å². The Morgan fingerprint density at radius 1 is 1.30 bits per heavy atom. The van der Waals surface area contributed by atoms with Crippen LogP contribution >= 0.6 is 11.3 Å². The Hall–Kier alpha value is -0.430. The average molecular weight is 314 g/mol. The van der Waals surface area contributed by atoms with Gasteiger partial charge in [0.25, 0.3) is 0 Å². The fourth-order valence-electron chi connectivity index (χ4n) is 2.37. The van der Waals surface area contributed by atoms with Gasteiger partial charge in [0.05, 0.1) is 0 Å². The highest BCUT2D eigenvalue weighted by molar-refractivity contribution is 7.89. The van der Waals surface area contributed by atoms with Gasteiger partial charge in [0.1, 0.15) is 4.90 Å². The molecule has 0 aliphatic heterocycles. The van der Waals surface area contributed by atoms with Crippen molar-refractivity contribution >= 4 is 21.4 Å². The van der Waals surface area contributed by atoms with Crippen LogP contribution in [0.1, 0.15) is 42.5 Å². The van der Waals surface area contributed by atoms with Crippen LogP contribution in [0.3, 0.4) is 0 Å². The van der Waals surface area contributed by atoms with E-state index in [9.17, 15) is 8.42 Å². The Bertz CT molecular complexity index is 572. The van der Waals surface area contributed by atoms with Crippen molar-refractivity contribution in [1.29, 1.82) is 0 Å². The molecule has 0 spiro atoms. The topological polar surface area (TPSA) is 58.2 Å². The van der Waals surface area contributed by atoms with E-state index < -0.39 is 10.0 Å². The molecular formula is C14H22N2O2S2. The third-order valence-corrected chi connectivity index (χ3v) is 6.85. The highest BCUT2D eigenvalue weighted by atomic mass is 32.2. The Balaban J connectivity index is 1.66. The van der Waals surface area contributed by atoms with Gasteiger partial charge in [0, 0.05) is 24.0 Å². The summed E-state index contributed by atoms with van der Waals surface area (Å²) in [5.41, 5.74) is 0.863. The van der Waals surface area contributed by atoms with Crippen molar-refractivity contribution in [3.8, 4) is 0 Å². The maximum absolute atomic E-state index is 12.5. The van der Waals surface area contributed by atoms with Crippen molar-refractivity contribution in [2.45, 2.75) is 56.5 Å². The van der Waals surface area contributed by atoms with E-state index in [1.807, 2.05) is 12.3 Å². The van der Waals surface area contributed by atoms with Gasteiger partial charge < -0.3 is 5.32 Å². The van der Waals surface area contributed by atoms with E-state index in [0.717, 1.165) is 22.8 Å². The largest absolute Gasteiger partial charge is 0.309 e. The standard InChI is InChI=1S/C14H22N2O2S2/c1-10-9-19-13(8-15-12-4-5-12)14(10)20(17,18)16-7-6-11-2-3-11/h9,11-12,15-16H,2-8H2,1H3. The number of rotatable bonds is 8. The average Bonchev–Trinajstić information content (AvgIpc) is 3.28. The van der Waals surface area contributed by atoms with E-state index in [2.05, 4.69) is 10.0 Å². The molecule has 0 aromatic carbocycles. The van der Waals surface area contributed by atoms with Crippen molar-refractivity contribution in [3.05, 3.63) is 15.8 Å². The Labute approximate surface area is 125 Å². The van der Waals surface area contributed by atoms with Crippen LogP contribution in [0.5, 0.6) is 0 Å². The second kappa shape index (κ2) is 5.75. The van der Waals surface area contributed by atoms with Crippen molar-refractivity contribution < 1.29 is 8.42 Å². The zero-order valence-electron chi connectivity index (χ0n) is 11.8. The molecule has 3 rings (SSSR count). The van der Waals surface area contributed by atoms with Gasteiger partial charge in [-0.3, -0.25) is 0 Å². The number of thiophene rings is 1. The molecule has 2 aliphatic rings. The van der Waals surface area contributed by atoms with Crippen molar-refractivity contribution in [2.24, 2.45) is 5.92 Å². The molecule has 0 radical (unpaired) electrons. The summed E-state index contributed by atoms with van der Waals surface area (Å²) in [6, 6.07) is 0.593. The molecule has 1 aromatic rings. The lowest BCUT2D eigenvalue weighted by Crippen LogP contribution is -2.27. The van der Waals surface area contributed by atoms with Crippen molar-refractivity contribution in [2.75, 3.05) is 6.54 Å². The van der Waals surface area contributed by atoms with Crippen LogP contribution in [-0.4, -0.2) is 21.0 Å². The quantitative estimate of drug-likeness (QED) is 0.774. The number of nitrogens with one attached hydrogen (secondary N) is 2. The number of hydrogen-bond acceptors (Lipinski definition) is 4. The normalized spacial score (nSPS) is 19.4. The summed E-state index contributed by atoms with van der Waals surface area (Å²) >= 11 is 1.54. The lowest BCUT2D eigenvalue weighted by molar-refractivity contribution is 0.572. The summed E-state index contributed by atoms with van der Waals surface area (Å²) in [7, 11) is -3.35. The van der Waals surface area contributed by atoms with Crippen LogP contribution in [0.2, 0.25) is 0 Å². The van der Waals surface area contributed by atoms with E-state index in [1.54, 1.807) is 11.3 Å². The molecule has 2 aliphatic carbocycles. The molecule has 6 heteroatoms. The summed E-state index contributed by atoms with van der Waals surface area (Å²) in [6.07, 6.45) is 5.92. The highest BCUT2D eigenvalue weighted by Crippen LogP contribution is 2.32. The summed E-state index contributed by atoms with van der Waals surface area (Å²) in [6.45, 7) is 3.12. The molecule has 20 heavy (non-hydrogen) atoms. The first kappa shape index (κ1) is 14.5. The zero-order chi connectivity index (χ0) is 14.2. The van der Waals surface area contributed by atoms with E-state index in [4.69, 9.17) is 0 Å². The Morgan fingerprint density at radius 2 is 2.05 bits per heavy atom. The summed E-state index contributed by atoms with van der Waals surface area (Å²) in [5, 5.41) is 5.35. The monoisotopic (exact) mass is 314 g/mol. The Morgan fingerprint density at radius 3 is 2.70 bits per heavy atom. The van der Waals surface area contributed by atoms with E-state index in [1.165, 1.54) is 25.7 Å². The summed E-state index contributed by atoms with van der Waals surface area (Å²) < 4.78 is 27.7. The molecule has 0 atom stereocenters. The minimum Gasteiger partial charge on any atom is -0.309 e. The lowest BCUT2D eigenvalue weighted by Gasteiger charge is -2.09. The molecule has 1 aromatic heterocycles. The Kier molecular flexibility index (Phi) is 4.17. The van der Waals surface area contributed by atoms with Gasteiger partial charge in [-0.2, -0.15) is 0 Å². The van der Waals surface area contributed by atoms with Crippen LogP contribution in [0.25, 0.3) is 0 Å². The third-order valence-electron chi connectivity index (χ3n) is 3.93. The zero-order valence-corrected chi connectivity index (χ0v) is 13.4. The summed E-state index contributed by atoms with van der Waals surface area (Å²) in [5.74, 6) is 0.747. The smallest absolute Gasteiger partial charge is 0.241 e. The van der Waals surface area contributed by atoms with Gasteiger partial charge in [-0.05, 0) is 43.0 Å². The van der Waals surface area contributed by atoms with Gasteiger partial charge >= 0.3 is 0 Å². The van der Waals surface area contributed by atoms with Crippen LogP contribution in [0, 0.1) is 12.8 Å². The highest BCUT2D eigenvalue weighted by Gasteiger charge is 2.26. The number of aryl methyl sites for hydroxylation is 1. The molecule has 1 heterocycles. The first-order valence-electron chi connectivity index (χ1n) is 7.36. The molecule has 0 amide bonds. The summed E-state index contributed by atoms with van der Waals surface area (Å²) in [4.78, 5) is 1.44. The first-order chi connectivity index (χ1) is 9.56. The predicted molar refractivity (Wildman–Crippen MR) is 81.4 cm³/mol. The molecule has 0 bridgehead atoms. The van der Waals surface area contributed by atoms with Crippen molar-refractivity contribution in [3.63, 3.8) is 0 Å². The fraction of sp³-hybridized carbons (Fsp3) is 0.714. The molecule has 2 saturated carbocycles. The molecule has 2 fully saturated rings. The molecule has 0 unspecified atom stereocenters. The van der Waals surface area contributed by atoms with Crippen LogP contribution < -0.4 is 10.0 Å². The van der Waals surface area contributed by atoms with E-state index in [0.29, 0.717) is 24.0 Å². The number of sulfonamides is 1. The minimum absolute atomic E-state index is 0.506. The fourth-order valence-corrected chi connectivity index (χ4v) is 5.18. The van der Waals surface area contributed by atoms with E-state index in [-0.39, 0.29) is 0 Å². The van der Waals surface area contributed by atoms with Gasteiger partial charge in [-0.25, -0.2) is 13.1 Å². The van der Waals surface area contributed by atoms with Crippen LogP contribution in [0.15, 0.2) is 10.3 Å². The molecule has 0 saturated heterocycles. The molecular weight excluding hydrogens is 292 g/mol. The van der Waals surface area contributed by atoms with Gasteiger partial charge in [-0.1, -0.05) is 12.8 Å². The third kappa shape index (κ3) is 3.61. The van der Waals surface area contributed by atoms with Gasteiger partial charge in [0.15, 0.2) is 0 Å². The molecule has 4 nitrogen and oxygen atoms in total. The second-order valence-corrected chi connectivity index (χ2v) is 8.62. The SMILES string of the molecule is Cc1csc(CNC2CC2)c1S(=O)(=O)NCCC1CC1. The van der Waals surface area contributed by atoms with Crippen molar-refractivity contribution in [1.82, 2.24) is 10.0 Å². The van der Waals surface area contributed by atoms with Gasteiger partial charge in [0.2, 0.25) is 10.0 Å². The van der Waals surface area contributed by atoms with Gasteiger partial charge in [-0.15, -0.1) is 11.3 Å². The van der Waals surface area contributed by atoms with E-state index >= 15 is 0 Å². The predicted octanol–water partition coefficient (Wildman–Crippen LogP) is 2.39. The lowest BCUT2D eigenvalue weighted by atomic mass is 10.3. The maximum atomic E-state index is 12.5. The van der Waals surface area contributed by atoms with Crippen LogP contribution in [-0.2, 0) is 16.6 Å².